The molecule has 0 spiro atoms. The van der Waals surface area contributed by atoms with Crippen LogP contribution in [-0.4, -0.2) is 26.9 Å². The molecule has 0 aliphatic rings. The molecule has 150 valence electrons. The zero-order chi connectivity index (χ0) is 18.8. The molecule has 0 saturated heterocycles. The first-order chi connectivity index (χ1) is 12.6. The highest BCUT2D eigenvalue weighted by Gasteiger charge is 2.12. The van der Waals surface area contributed by atoms with Crippen molar-refractivity contribution in [3.05, 3.63) is 58.4 Å². The van der Waals surface area contributed by atoms with E-state index >= 15 is 0 Å². The predicted molar refractivity (Wildman–Crippen MR) is 109 cm³/mol. The maximum Gasteiger partial charge on any atom is 0.180 e. The van der Waals surface area contributed by atoms with Crippen molar-refractivity contribution in [1.82, 2.24) is 5.32 Å². The number of hydrogen-bond donors (Lipinski definition) is 1. The van der Waals surface area contributed by atoms with Gasteiger partial charge in [0.2, 0.25) is 0 Å². The summed E-state index contributed by atoms with van der Waals surface area (Å²) in [6.45, 7) is 5.31. The van der Waals surface area contributed by atoms with E-state index in [-0.39, 0.29) is 24.8 Å². The van der Waals surface area contributed by atoms with Gasteiger partial charge in [-0.15, -0.1) is 12.4 Å². The Bertz CT molecular complexity index is 684. The molecule has 7 heteroatoms. The van der Waals surface area contributed by atoms with Crippen molar-refractivity contribution in [2.24, 2.45) is 0 Å². The fourth-order valence-electron chi connectivity index (χ4n) is 2.43. The summed E-state index contributed by atoms with van der Waals surface area (Å²) in [7, 11) is 1.58. The van der Waals surface area contributed by atoms with E-state index in [1.165, 1.54) is 12.1 Å². The second-order valence-electron chi connectivity index (χ2n) is 5.75. The van der Waals surface area contributed by atoms with E-state index in [1.807, 2.05) is 19.1 Å². The summed E-state index contributed by atoms with van der Waals surface area (Å²) < 4.78 is 29.5. The van der Waals surface area contributed by atoms with Crippen LogP contribution in [0.2, 0.25) is 5.02 Å². The fraction of sp³-hybridized carbons (Fsp3) is 0.400. The van der Waals surface area contributed by atoms with Gasteiger partial charge in [-0.25, -0.2) is 4.39 Å². The van der Waals surface area contributed by atoms with Gasteiger partial charge in [-0.2, -0.15) is 0 Å². The molecule has 0 aromatic heterocycles. The normalized spacial score (nSPS) is 10.4. The Hall–Kier alpha value is -1.53. The number of methoxy groups -OCH3 is 1. The van der Waals surface area contributed by atoms with Crippen LogP contribution >= 0.6 is 24.0 Å². The number of hydrogen-bond acceptors (Lipinski definition) is 4. The lowest BCUT2D eigenvalue weighted by Crippen LogP contribution is -2.16. The molecule has 0 aliphatic carbocycles. The van der Waals surface area contributed by atoms with Gasteiger partial charge in [-0.3, -0.25) is 0 Å². The third kappa shape index (κ3) is 7.93. The summed E-state index contributed by atoms with van der Waals surface area (Å²) in [5.41, 5.74) is 1.86. The minimum atomic E-state index is -0.275. The van der Waals surface area contributed by atoms with Crippen LogP contribution in [-0.2, 0) is 17.9 Å². The van der Waals surface area contributed by atoms with E-state index in [4.69, 9.17) is 25.8 Å². The van der Waals surface area contributed by atoms with Gasteiger partial charge in [0, 0.05) is 19.8 Å². The third-order valence-corrected chi connectivity index (χ3v) is 4.04. The predicted octanol–water partition coefficient (Wildman–Crippen LogP) is 5.00. The van der Waals surface area contributed by atoms with Crippen LogP contribution in [0.15, 0.2) is 36.4 Å². The molecular formula is C20H26Cl2FNO3. The zero-order valence-electron chi connectivity index (χ0n) is 15.6. The zero-order valence-corrected chi connectivity index (χ0v) is 17.2. The lowest BCUT2D eigenvalue weighted by atomic mass is 10.2. The van der Waals surface area contributed by atoms with Crippen molar-refractivity contribution < 1.29 is 18.6 Å². The highest BCUT2D eigenvalue weighted by molar-refractivity contribution is 6.32. The van der Waals surface area contributed by atoms with Gasteiger partial charge in [-0.05, 0) is 55.3 Å². The first kappa shape index (κ1) is 23.5. The number of ether oxygens (including phenoxy) is 3. The Balaban J connectivity index is 0.00000364. The molecule has 0 radical (unpaired) electrons. The second-order valence-corrected chi connectivity index (χ2v) is 6.16. The van der Waals surface area contributed by atoms with Crippen LogP contribution in [0.1, 0.15) is 24.5 Å². The quantitative estimate of drug-likeness (QED) is 0.521. The molecule has 0 saturated carbocycles. The lowest BCUT2D eigenvalue weighted by Gasteiger charge is -2.15. The average Bonchev–Trinajstić information content (AvgIpc) is 2.64. The van der Waals surface area contributed by atoms with Gasteiger partial charge in [0.25, 0.3) is 0 Å². The van der Waals surface area contributed by atoms with E-state index in [9.17, 15) is 4.39 Å². The first-order valence-electron chi connectivity index (χ1n) is 8.66. The van der Waals surface area contributed by atoms with Crippen molar-refractivity contribution in [3.63, 3.8) is 0 Å². The summed E-state index contributed by atoms with van der Waals surface area (Å²) in [5.74, 6) is 0.784. The van der Waals surface area contributed by atoms with Crippen LogP contribution < -0.4 is 14.8 Å². The van der Waals surface area contributed by atoms with Crippen LogP contribution in [0, 0.1) is 5.82 Å². The SMILES string of the molecule is CCOCCCNCc1cc(Cl)c(OCc2ccc(F)cc2)c(OC)c1.Cl. The molecule has 1 N–H and O–H groups in total. The van der Waals surface area contributed by atoms with Gasteiger partial charge in [0.1, 0.15) is 12.4 Å². The molecule has 0 heterocycles. The molecule has 0 atom stereocenters. The molecule has 4 nitrogen and oxygen atoms in total. The van der Waals surface area contributed by atoms with Crippen LogP contribution in [0.4, 0.5) is 4.39 Å². The number of nitrogens with one attached hydrogen (secondary N) is 1. The Morgan fingerprint density at radius 1 is 1.11 bits per heavy atom. The number of halogens is 3. The molecule has 2 aromatic rings. The Morgan fingerprint density at radius 3 is 2.52 bits per heavy atom. The van der Waals surface area contributed by atoms with E-state index in [1.54, 1.807) is 19.2 Å². The van der Waals surface area contributed by atoms with Gasteiger partial charge in [-0.1, -0.05) is 23.7 Å². The summed E-state index contributed by atoms with van der Waals surface area (Å²) in [4.78, 5) is 0. The van der Waals surface area contributed by atoms with Gasteiger partial charge < -0.3 is 19.5 Å². The van der Waals surface area contributed by atoms with Crippen LogP contribution in [0.5, 0.6) is 11.5 Å². The first-order valence-corrected chi connectivity index (χ1v) is 9.04. The topological polar surface area (TPSA) is 39.7 Å². The minimum absolute atomic E-state index is 0. The highest BCUT2D eigenvalue weighted by atomic mass is 35.5. The van der Waals surface area contributed by atoms with Crippen LogP contribution in [0.3, 0.4) is 0 Å². The molecule has 2 rings (SSSR count). The van der Waals surface area contributed by atoms with Crippen molar-refractivity contribution in [3.8, 4) is 11.5 Å². The fourth-order valence-corrected chi connectivity index (χ4v) is 2.72. The van der Waals surface area contributed by atoms with E-state index in [0.717, 1.165) is 37.3 Å². The van der Waals surface area contributed by atoms with Crippen molar-refractivity contribution in [2.75, 3.05) is 26.9 Å². The lowest BCUT2D eigenvalue weighted by molar-refractivity contribution is 0.144. The van der Waals surface area contributed by atoms with E-state index < -0.39 is 0 Å². The molecular weight excluding hydrogens is 392 g/mol. The monoisotopic (exact) mass is 417 g/mol. The largest absolute Gasteiger partial charge is 0.493 e. The molecule has 0 fully saturated rings. The van der Waals surface area contributed by atoms with Crippen LogP contribution in [0.25, 0.3) is 0 Å². The minimum Gasteiger partial charge on any atom is -0.493 e. The van der Waals surface area contributed by atoms with E-state index in [2.05, 4.69) is 5.32 Å². The van der Waals surface area contributed by atoms with Gasteiger partial charge in [0.15, 0.2) is 11.5 Å². The summed E-state index contributed by atoms with van der Waals surface area (Å²) in [6, 6.07) is 9.92. The maximum absolute atomic E-state index is 13.0. The van der Waals surface area contributed by atoms with Gasteiger partial charge in [0.05, 0.1) is 12.1 Å². The molecule has 0 unspecified atom stereocenters. The van der Waals surface area contributed by atoms with E-state index in [0.29, 0.717) is 23.1 Å². The van der Waals surface area contributed by atoms with Crippen molar-refractivity contribution in [1.29, 1.82) is 0 Å². The standard InChI is InChI=1S/C20H25ClFNO3.ClH/c1-3-25-10-4-9-23-13-16-11-18(21)20(19(12-16)24-2)26-14-15-5-7-17(22)8-6-15;/h5-8,11-12,23H,3-4,9-10,13-14H2,1-2H3;1H. The number of benzene rings is 2. The maximum atomic E-state index is 13.0. The highest BCUT2D eigenvalue weighted by Crippen LogP contribution is 2.37. The Morgan fingerprint density at radius 2 is 1.85 bits per heavy atom. The molecule has 27 heavy (non-hydrogen) atoms. The smallest absolute Gasteiger partial charge is 0.180 e. The Kier molecular flexibility index (Phi) is 11.1. The molecule has 2 aromatic carbocycles. The number of rotatable bonds is 11. The molecule has 0 aliphatic heterocycles. The Labute approximate surface area is 171 Å². The summed E-state index contributed by atoms with van der Waals surface area (Å²) in [6.07, 6.45) is 0.956. The molecule has 0 amide bonds. The van der Waals surface area contributed by atoms with Crippen molar-refractivity contribution in [2.45, 2.75) is 26.5 Å². The summed E-state index contributed by atoms with van der Waals surface area (Å²) >= 11 is 6.37. The third-order valence-electron chi connectivity index (χ3n) is 3.76. The van der Waals surface area contributed by atoms with Crippen molar-refractivity contribution >= 4 is 24.0 Å². The molecule has 0 bridgehead atoms. The average molecular weight is 418 g/mol. The summed E-state index contributed by atoms with van der Waals surface area (Å²) in [5, 5.41) is 3.84. The van der Waals surface area contributed by atoms with Gasteiger partial charge >= 0.3 is 0 Å². The second kappa shape index (κ2) is 12.8.